The summed E-state index contributed by atoms with van der Waals surface area (Å²) in [4.78, 5) is 20.7. The van der Waals surface area contributed by atoms with E-state index in [2.05, 4.69) is 20.3 Å². The van der Waals surface area contributed by atoms with Crippen LogP contribution < -0.4 is 11.0 Å². The standard InChI is InChI=1S/C11H10N4OS/c16-11-14-9-2-1-7(3-10(9)15-11)12-4-8-5-17-6-13-8/h1-3,5-6,12H,4H2,(H2,14,15,16). The molecule has 0 atom stereocenters. The van der Waals surface area contributed by atoms with E-state index in [1.165, 1.54) is 0 Å². The number of anilines is 1. The van der Waals surface area contributed by atoms with E-state index in [0.717, 1.165) is 22.4 Å². The van der Waals surface area contributed by atoms with Gasteiger partial charge in [0, 0.05) is 11.1 Å². The van der Waals surface area contributed by atoms with Gasteiger partial charge in [0.25, 0.3) is 0 Å². The average Bonchev–Trinajstić information content (AvgIpc) is 2.92. The molecule has 0 aliphatic carbocycles. The second kappa shape index (κ2) is 4.06. The van der Waals surface area contributed by atoms with Crippen LogP contribution in [-0.2, 0) is 6.54 Å². The number of H-pyrrole nitrogens is 2. The topological polar surface area (TPSA) is 73.6 Å². The Bertz CT molecular complexity index is 683. The molecule has 3 aromatic rings. The normalized spacial score (nSPS) is 10.8. The first-order valence-electron chi connectivity index (χ1n) is 5.14. The van der Waals surface area contributed by atoms with Gasteiger partial charge in [-0.25, -0.2) is 9.78 Å². The molecule has 0 fully saturated rings. The maximum absolute atomic E-state index is 11.1. The lowest BCUT2D eigenvalue weighted by molar-refractivity contribution is 1.07. The molecule has 0 unspecified atom stereocenters. The molecule has 2 aromatic heterocycles. The number of aromatic amines is 2. The summed E-state index contributed by atoms with van der Waals surface area (Å²) < 4.78 is 0. The van der Waals surface area contributed by atoms with E-state index >= 15 is 0 Å². The summed E-state index contributed by atoms with van der Waals surface area (Å²) in [6, 6.07) is 5.70. The van der Waals surface area contributed by atoms with E-state index in [1.54, 1.807) is 11.3 Å². The Morgan fingerprint density at radius 2 is 2.18 bits per heavy atom. The van der Waals surface area contributed by atoms with Crippen molar-refractivity contribution < 1.29 is 0 Å². The number of nitrogens with one attached hydrogen (secondary N) is 3. The van der Waals surface area contributed by atoms with E-state index in [0.29, 0.717) is 6.54 Å². The molecule has 86 valence electrons. The van der Waals surface area contributed by atoms with Crippen LogP contribution in [0.4, 0.5) is 5.69 Å². The fraction of sp³-hybridized carbons (Fsp3) is 0.0909. The van der Waals surface area contributed by atoms with Crippen molar-refractivity contribution in [3.63, 3.8) is 0 Å². The van der Waals surface area contributed by atoms with Crippen molar-refractivity contribution in [2.24, 2.45) is 0 Å². The zero-order chi connectivity index (χ0) is 11.7. The molecule has 1 aromatic carbocycles. The maximum atomic E-state index is 11.1. The highest BCUT2D eigenvalue weighted by atomic mass is 32.1. The predicted molar refractivity (Wildman–Crippen MR) is 68.4 cm³/mol. The summed E-state index contributed by atoms with van der Waals surface area (Å²) in [7, 11) is 0. The van der Waals surface area contributed by atoms with Crippen LogP contribution in [0.5, 0.6) is 0 Å². The second-order valence-electron chi connectivity index (χ2n) is 3.67. The first-order chi connectivity index (χ1) is 8.31. The third-order valence-corrected chi connectivity index (χ3v) is 3.11. The number of imidazole rings is 1. The Morgan fingerprint density at radius 3 is 3.00 bits per heavy atom. The zero-order valence-electron chi connectivity index (χ0n) is 8.86. The van der Waals surface area contributed by atoms with E-state index in [1.807, 2.05) is 29.1 Å². The van der Waals surface area contributed by atoms with Crippen molar-refractivity contribution in [3.05, 3.63) is 45.3 Å². The summed E-state index contributed by atoms with van der Waals surface area (Å²) in [5.74, 6) is 0. The zero-order valence-corrected chi connectivity index (χ0v) is 9.67. The van der Waals surface area contributed by atoms with Gasteiger partial charge in [-0.05, 0) is 18.2 Å². The molecule has 3 N–H and O–H groups in total. The molecular weight excluding hydrogens is 236 g/mol. The molecule has 0 aliphatic heterocycles. The minimum atomic E-state index is -0.184. The lowest BCUT2D eigenvalue weighted by Gasteiger charge is -2.03. The second-order valence-corrected chi connectivity index (χ2v) is 4.39. The summed E-state index contributed by atoms with van der Waals surface area (Å²) in [6.07, 6.45) is 0. The fourth-order valence-electron chi connectivity index (χ4n) is 1.66. The Balaban J connectivity index is 1.83. The van der Waals surface area contributed by atoms with E-state index < -0.39 is 0 Å². The van der Waals surface area contributed by atoms with Crippen LogP contribution in [0.25, 0.3) is 11.0 Å². The van der Waals surface area contributed by atoms with Gasteiger partial charge in [-0.2, -0.15) is 0 Å². The monoisotopic (exact) mass is 246 g/mol. The van der Waals surface area contributed by atoms with Gasteiger partial charge < -0.3 is 15.3 Å². The van der Waals surface area contributed by atoms with Gasteiger partial charge in [0.2, 0.25) is 0 Å². The number of rotatable bonds is 3. The van der Waals surface area contributed by atoms with Gasteiger partial charge in [-0.1, -0.05) is 0 Å². The van der Waals surface area contributed by atoms with Crippen LogP contribution in [0.2, 0.25) is 0 Å². The Labute approximate surface area is 101 Å². The van der Waals surface area contributed by atoms with E-state index in [4.69, 9.17) is 0 Å². The summed E-state index contributed by atoms with van der Waals surface area (Å²) in [6.45, 7) is 0.684. The van der Waals surface area contributed by atoms with Crippen molar-refractivity contribution in [2.45, 2.75) is 6.54 Å². The van der Waals surface area contributed by atoms with Crippen LogP contribution >= 0.6 is 11.3 Å². The molecule has 0 spiro atoms. The number of hydrogen-bond acceptors (Lipinski definition) is 4. The van der Waals surface area contributed by atoms with Crippen molar-refractivity contribution in [1.29, 1.82) is 0 Å². The molecule has 0 saturated carbocycles. The van der Waals surface area contributed by atoms with Crippen LogP contribution in [0.3, 0.4) is 0 Å². The summed E-state index contributed by atoms with van der Waals surface area (Å²) in [5.41, 5.74) is 5.21. The smallest absolute Gasteiger partial charge is 0.323 e. The van der Waals surface area contributed by atoms with Crippen molar-refractivity contribution in [3.8, 4) is 0 Å². The number of nitrogens with zero attached hydrogens (tertiary/aromatic N) is 1. The predicted octanol–water partition coefficient (Wildman–Crippen LogP) is 1.92. The lowest BCUT2D eigenvalue weighted by atomic mass is 10.2. The largest absolute Gasteiger partial charge is 0.379 e. The molecule has 0 radical (unpaired) electrons. The first-order valence-corrected chi connectivity index (χ1v) is 6.08. The van der Waals surface area contributed by atoms with Gasteiger partial charge >= 0.3 is 5.69 Å². The molecule has 0 amide bonds. The van der Waals surface area contributed by atoms with Crippen LogP contribution in [0.15, 0.2) is 33.9 Å². The quantitative estimate of drug-likeness (QED) is 0.661. The van der Waals surface area contributed by atoms with Crippen molar-refractivity contribution in [2.75, 3.05) is 5.32 Å². The van der Waals surface area contributed by atoms with Crippen LogP contribution in [0, 0.1) is 0 Å². The molecule has 6 heteroatoms. The number of thiazole rings is 1. The molecule has 2 heterocycles. The summed E-state index contributed by atoms with van der Waals surface area (Å²) in [5, 5.41) is 5.26. The van der Waals surface area contributed by atoms with Gasteiger partial charge in [-0.3, -0.25) is 0 Å². The highest BCUT2D eigenvalue weighted by Crippen LogP contribution is 2.15. The number of benzene rings is 1. The Kier molecular flexibility index (Phi) is 2.41. The minimum absolute atomic E-state index is 0.184. The van der Waals surface area contributed by atoms with Crippen molar-refractivity contribution >= 4 is 28.1 Å². The molecule has 3 rings (SSSR count). The lowest BCUT2D eigenvalue weighted by Crippen LogP contribution is -1.99. The average molecular weight is 246 g/mol. The third-order valence-electron chi connectivity index (χ3n) is 2.47. The van der Waals surface area contributed by atoms with Gasteiger partial charge in [0.1, 0.15) is 0 Å². The van der Waals surface area contributed by atoms with Gasteiger partial charge in [0.05, 0.1) is 28.8 Å². The van der Waals surface area contributed by atoms with E-state index in [-0.39, 0.29) is 5.69 Å². The van der Waals surface area contributed by atoms with Gasteiger partial charge in [-0.15, -0.1) is 11.3 Å². The molecular formula is C11H10N4OS. The SMILES string of the molecule is O=c1[nH]c2ccc(NCc3cscn3)cc2[nH]1. The van der Waals surface area contributed by atoms with Gasteiger partial charge in [0.15, 0.2) is 0 Å². The minimum Gasteiger partial charge on any atom is -0.379 e. The Hall–Kier alpha value is -2.08. The maximum Gasteiger partial charge on any atom is 0.323 e. The van der Waals surface area contributed by atoms with Crippen LogP contribution in [-0.4, -0.2) is 15.0 Å². The Morgan fingerprint density at radius 1 is 1.29 bits per heavy atom. The summed E-state index contributed by atoms with van der Waals surface area (Å²) >= 11 is 1.58. The molecule has 0 aliphatic rings. The third kappa shape index (κ3) is 2.07. The molecule has 17 heavy (non-hydrogen) atoms. The van der Waals surface area contributed by atoms with Crippen LogP contribution in [0.1, 0.15) is 5.69 Å². The fourth-order valence-corrected chi connectivity index (χ4v) is 2.22. The molecule has 5 nitrogen and oxygen atoms in total. The number of fused-ring (bicyclic) bond motifs is 1. The van der Waals surface area contributed by atoms with E-state index in [9.17, 15) is 4.79 Å². The molecule has 0 saturated heterocycles. The molecule has 0 bridgehead atoms. The number of hydrogen-bond donors (Lipinski definition) is 3. The highest BCUT2D eigenvalue weighted by molar-refractivity contribution is 7.07. The first kappa shape index (κ1) is 10.1. The number of aromatic nitrogens is 3. The van der Waals surface area contributed by atoms with Crippen molar-refractivity contribution in [1.82, 2.24) is 15.0 Å². The highest BCUT2D eigenvalue weighted by Gasteiger charge is 2.00.